The van der Waals surface area contributed by atoms with E-state index in [1.54, 1.807) is 26.0 Å². The maximum Gasteiger partial charge on any atom is 0.326 e. The monoisotopic (exact) mass is 706 g/mol. The van der Waals surface area contributed by atoms with Crippen LogP contribution in [0, 0.1) is 0 Å². The summed E-state index contributed by atoms with van der Waals surface area (Å²) in [6, 6.07) is 14.8. The summed E-state index contributed by atoms with van der Waals surface area (Å²) in [7, 11) is 0. The van der Waals surface area contributed by atoms with Gasteiger partial charge in [0.05, 0.1) is 19.4 Å². The number of ether oxygens (including phenoxy) is 2. The molecule has 2 aromatic heterocycles. The fourth-order valence-electron chi connectivity index (χ4n) is 4.50. The Kier molecular flexibility index (Phi) is 14.2. The molecule has 2 heterocycles. The van der Waals surface area contributed by atoms with Crippen molar-refractivity contribution < 1.29 is 36.6 Å². The van der Waals surface area contributed by atoms with Gasteiger partial charge < -0.3 is 14.0 Å². The molecule has 49 heavy (non-hydrogen) atoms. The summed E-state index contributed by atoms with van der Waals surface area (Å²) in [4.78, 5) is 55.3. The Morgan fingerprint density at radius 1 is 0.735 bits per heavy atom. The van der Waals surface area contributed by atoms with E-state index in [9.17, 15) is 36.7 Å². The van der Waals surface area contributed by atoms with Crippen molar-refractivity contribution in [3.63, 3.8) is 0 Å². The standard InChI is InChI=1S/C17H17ClF2N2O3.C17H18F2N2O3/c1-2-25-15(23)11-22-14(18)10-21-13(16(22)24)8-9-17(19,20)12-6-4-3-5-7-12;1-2-24-15(22)12-21-11-10-20-14(16(21)23)8-9-17(18,19)13-6-4-3-5-7-13/h3-7,10H,2,8-9,11H2,1H3;3-7,10-11H,2,8-9,12H2,1H3. The highest BCUT2D eigenvalue weighted by Gasteiger charge is 2.32. The van der Waals surface area contributed by atoms with Gasteiger partial charge in [-0.25, -0.2) is 17.6 Å². The minimum absolute atomic E-state index is 0.00240. The van der Waals surface area contributed by atoms with Crippen molar-refractivity contribution in [3.8, 4) is 0 Å². The zero-order valence-electron chi connectivity index (χ0n) is 26.8. The van der Waals surface area contributed by atoms with Gasteiger partial charge in [-0.1, -0.05) is 72.3 Å². The first-order valence-electron chi connectivity index (χ1n) is 15.3. The van der Waals surface area contributed by atoms with Gasteiger partial charge in [-0.3, -0.25) is 33.7 Å². The van der Waals surface area contributed by atoms with Gasteiger partial charge in [0.2, 0.25) is 0 Å². The minimum Gasteiger partial charge on any atom is -0.465 e. The van der Waals surface area contributed by atoms with Gasteiger partial charge in [0.25, 0.3) is 23.0 Å². The molecule has 0 radical (unpaired) electrons. The Labute approximate surface area is 284 Å². The van der Waals surface area contributed by atoms with Gasteiger partial charge in [-0.2, -0.15) is 0 Å². The lowest BCUT2D eigenvalue weighted by atomic mass is 10.0. The van der Waals surface area contributed by atoms with Crippen molar-refractivity contribution in [2.75, 3.05) is 13.2 Å². The summed E-state index contributed by atoms with van der Waals surface area (Å²) in [6.07, 6.45) is 2.25. The van der Waals surface area contributed by atoms with Crippen molar-refractivity contribution in [2.45, 2.75) is 64.5 Å². The first kappa shape index (κ1) is 38.6. The third-order valence-corrected chi connectivity index (χ3v) is 7.30. The second kappa shape index (κ2) is 18.1. The summed E-state index contributed by atoms with van der Waals surface area (Å²) in [5, 5.41) is -0.0587. The van der Waals surface area contributed by atoms with Crippen molar-refractivity contribution in [1.82, 2.24) is 19.1 Å². The van der Waals surface area contributed by atoms with E-state index in [4.69, 9.17) is 21.1 Å². The highest BCUT2D eigenvalue weighted by atomic mass is 35.5. The largest absolute Gasteiger partial charge is 0.465 e. The molecule has 0 amide bonds. The molecule has 0 aliphatic heterocycles. The van der Waals surface area contributed by atoms with Crippen LogP contribution in [-0.2, 0) is 56.8 Å². The number of rotatable bonds is 14. The van der Waals surface area contributed by atoms with Crippen LogP contribution in [0.4, 0.5) is 17.6 Å². The topological polar surface area (TPSA) is 122 Å². The Hall–Kier alpha value is -4.85. The van der Waals surface area contributed by atoms with Crippen LogP contribution < -0.4 is 11.1 Å². The van der Waals surface area contributed by atoms with Crippen LogP contribution >= 0.6 is 11.6 Å². The van der Waals surface area contributed by atoms with E-state index in [1.807, 2.05) is 0 Å². The average Bonchev–Trinajstić information content (AvgIpc) is 3.08. The van der Waals surface area contributed by atoms with E-state index in [0.717, 1.165) is 15.3 Å². The zero-order valence-corrected chi connectivity index (χ0v) is 27.5. The zero-order chi connectivity index (χ0) is 36.0. The number of esters is 2. The quantitative estimate of drug-likeness (QED) is 0.121. The van der Waals surface area contributed by atoms with Gasteiger partial charge in [0.1, 0.15) is 29.6 Å². The van der Waals surface area contributed by atoms with Crippen molar-refractivity contribution >= 4 is 23.5 Å². The molecular weight excluding hydrogens is 672 g/mol. The smallest absolute Gasteiger partial charge is 0.326 e. The second-order valence-electron chi connectivity index (χ2n) is 10.5. The number of aromatic nitrogens is 4. The number of carbonyl (C=O) groups is 2. The van der Waals surface area contributed by atoms with Crippen LogP contribution in [0.2, 0.25) is 5.15 Å². The molecule has 4 aromatic rings. The summed E-state index contributed by atoms with van der Waals surface area (Å²) in [5.74, 6) is -7.36. The molecule has 0 saturated carbocycles. The number of carbonyl (C=O) groups excluding carboxylic acids is 2. The molecule has 2 aromatic carbocycles. The Morgan fingerprint density at radius 2 is 1.20 bits per heavy atom. The Bertz CT molecular complexity index is 1800. The fourth-order valence-corrected chi connectivity index (χ4v) is 4.69. The third-order valence-electron chi connectivity index (χ3n) is 7.00. The van der Waals surface area contributed by atoms with Crippen molar-refractivity contribution in [3.05, 3.63) is 128 Å². The molecule has 0 fully saturated rings. The summed E-state index contributed by atoms with van der Waals surface area (Å²) >= 11 is 5.88. The number of benzene rings is 2. The molecule has 0 saturated heterocycles. The molecule has 262 valence electrons. The summed E-state index contributed by atoms with van der Waals surface area (Å²) < 4.78 is 68.4. The maximum atomic E-state index is 14.2. The lowest BCUT2D eigenvalue weighted by Crippen LogP contribution is -2.30. The lowest BCUT2D eigenvalue weighted by molar-refractivity contribution is -0.144. The number of hydrogen-bond donors (Lipinski definition) is 0. The van der Waals surface area contributed by atoms with Gasteiger partial charge in [-0.05, 0) is 13.8 Å². The number of hydrogen-bond acceptors (Lipinski definition) is 8. The third kappa shape index (κ3) is 11.4. The van der Waals surface area contributed by atoms with Crippen LogP contribution in [0.15, 0.2) is 88.8 Å². The van der Waals surface area contributed by atoms with Gasteiger partial charge in [0, 0.05) is 49.2 Å². The maximum absolute atomic E-state index is 14.2. The highest BCUT2D eigenvalue weighted by molar-refractivity contribution is 6.29. The molecule has 0 aliphatic rings. The lowest BCUT2D eigenvalue weighted by Gasteiger charge is -2.16. The number of halogens is 5. The number of aryl methyl sites for hydroxylation is 2. The van der Waals surface area contributed by atoms with Gasteiger partial charge >= 0.3 is 11.9 Å². The molecule has 4 rings (SSSR count). The molecule has 0 spiro atoms. The van der Waals surface area contributed by atoms with Gasteiger partial charge in [-0.15, -0.1) is 0 Å². The molecule has 0 N–H and O–H groups in total. The van der Waals surface area contributed by atoms with Crippen molar-refractivity contribution in [2.24, 2.45) is 0 Å². The van der Waals surface area contributed by atoms with E-state index < -0.39 is 54.3 Å². The SMILES string of the molecule is CCOC(=O)Cn1c(Cl)cnc(CCC(F)(F)c2ccccc2)c1=O.CCOC(=O)Cn1ccnc(CCC(F)(F)c2ccccc2)c1=O. The summed E-state index contributed by atoms with van der Waals surface area (Å²) in [6.45, 7) is 2.99. The van der Waals surface area contributed by atoms with E-state index in [2.05, 4.69) is 9.97 Å². The first-order chi connectivity index (χ1) is 23.3. The summed E-state index contributed by atoms with van der Waals surface area (Å²) in [5.41, 5.74) is -1.55. The predicted octanol–water partition coefficient (Wildman–Crippen LogP) is 5.72. The molecular formula is C34H35ClF4N4O6. The normalized spacial score (nSPS) is 11.3. The van der Waals surface area contributed by atoms with Gasteiger partial charge in [0.15, 0.2) is 0 Å². The van der Waals surface area contributed by atoms with Crippen LogP contribution in [0.1, 0.15) is 49.2 Å². The molecule has 10 nitrogen and oxygen atoms in total. The van der Waals surface area contributed by atoms with Crippen LogP contribution in [-0.4, -0.2) is 44.3 Å². The fraction of sp³-hybridized carbons (Fsp3) is 0.353. The first-order valence-corrected chi connectivity index (χ1v) is 15.6. The number of alkyl halides is 4. The molecule has 0 atom stereocenters. The van der Waals surface area contributed by atoms with Crippen LogP contribution in [0.3, 0.4) is 0 Å². The minimum atomic E-state index is -3.10. The van der Waals surface area contributed by atoms with Crippen molar-refractivity contribution in [1.29, 1.82) is 0 Å². The number of nitrogens with zero attached hydrogens (tertiary/aromatic N) is 4. The van der Waals surface area contributed by atoms with E-state index >= 15 is 0 Å². The second-order valence-corrected chi connectivity index (χ2v) is 10.9. The predicted molar refractivity (Wildman–Crippen MR) is 173 cm³/mol. The molecule has 0 bridgehead atoms. The van der Waals surface area contributed by atoms with E-state index in [1.165, 1.54) is 60.9 Å². The average molecular weight is 707 g/mol. The van der Waals surface area contributed by atoms with E-state index in [0.29, 0.717) is 0 Å². The molecule has 0 unspecified atom stereocenters. The Balaban J connectivity index is 0.000000266. The van der Waals surface area contributed by atoms with Crippen LogP contribution in [0.5, 0.6) is 0 Å². The molecule has 0 aliphatic carbocycles. The van der Waals surface area contributed by atoms with E-state index in [-0.39, 0.29) is 60.3 Å². The van der Waals surface area contributed by atoms with Crippen LogP contribution in [0.25, 0.3) is 0 Å². The molecule has 15 heteroatoms. The highest BCUT2D eigenvalue weighted by Crippen LogP contribution is 2.33. The Morgan fingerprint density at radius 3 is 1.69 bits per heavy atom.